The molecule has 1 aromatic heterocycles. The van der Waals surface area contributed by atoms with Gasteiger partial charge < -0.3 is 15.0 Å². The smallest absolute Gasteiger partial charge is 0.139 e. The molecule has 2 N–H and O–H groups in total. The largest absolute Gasteiger partial charge is 0.506 e. The Morgan fingerprint density at radius 2 is 2.27 bits per heavy atom. The number of benzene rings is 1. The first-order valence-corrected chi connectivity index (χ1v) is 5.25. The minimum absolute atomic E-state index is 0.351. The van der Waals surface area contributed by atoms with Crippen molar-refractivity contribution in [2.75, 3.05) is 13.6 Å². The Labute approximate surface area is 88.3 Å². The first-order valence-electron chi connectivity index (χ1n) is 5.25. The van der Waals surface area contributed by atoms with Crippen molar-refractivity contribution < 1.29 is 5.11 Å². The molecule has 0 fully saturated rings. The van der Waals surface area contributed by atoms with E-state index in [1.54, 1.807) is 6.07 Å². The first kappa shape index (κ1) is 8.80. The number of fused-ring (bicyclic) bond motifs is 3. The number of aromatic nitrogens is 1. The summed E-state index contributed by atoms with van der Waals surface area (Å²) in [5, 5.41) is 10.9. The molecule has 3 rings (SSSR count). The molecule has 0 unspecified atom stereocenters. The zero-order valence-corrected chi connectivity index (χ0v) is 8.75. The number of aromatic amines is 1. The number of phenols is 1. The molecule has 2 heterocycles. The van der Waals surface area contributed by atoms with E-state index in [9.17, 15) is 5.11 Å². The van der Waals surface area contributed by atoms with Gasteiger partial charge in [0.05, 0.1) is 5.52 Å². The van der Waals surface area contributed by atoms with Crippen LogP contribution in [0.25, 0.3) is 10.9 Å². The maximum Gasteiger partial charge on any atom is 0.139 e. The van der Waals surface area contributed by atoms with E-state index in [0.717, 1.165) is 30.4 Å². The first-order chi connectivity index (χ1) is 7.25. The molecule has 0 saturated heterocycles. The molecule has 0 aliphatic carbocycles. The molecule has 2 aromatic rings. The van der Waals surface area contributed by atoms with Crippen molar-refractivity contribution in [3.63, 3.8) is 0 Å². The van der Waals surface area contributed by atoms with Crippen LogP contribution in [0.4, 0.5) is 0 Å². The lowest BCUT2D eigenvalue weighted by molar-refractivity contribution is 0.313. The molecule has 0 saturated carbocycles. The molecular formula is C12H14N2O. The fourth-order valence-electron chi connectivity index (χ4n) is 2.36. The molecule has 0 radical (unpaired) electrons. The maximum absolute atomic E-state index is 9.74. The van der Waals surface area contributed by atoms with Crippen molar-refractivity contribution in [2.24, 2.45) is 0 Å². The molecule has 15 heavy (non-hydrogen) atoms. The summed E-state index contributed by atoms with van der Waals surface area (Å²) in [4.78, 5) is 5.63. The van der Waals surface area contributed by atoms with E-state index in [1.807, 2.05) is 6.07 Å². The van der Waals surface area contributed by atoms with Gasteiger partial charge in [0.15, 0.2) is 0 Å². The van der Waals surface area contributed by atoms with Gasteiger partial charge in [0, 0.05) is 30.6 Å². The SMILES string of the molecule is CN1CCc2[nH]c3c(O)cccc3c2C1. The van der Waals surface area contributed by atoms with Crippen molar-refractivity contribution >= 4 is 10.9 Å². The fraction of sp³-hybridized carbons (Fsp3) is 0.333. The van der Waals surface area contributed by atoms with Crippen molar-refractivity contribution in [3.8, 4) is 5.75 Å². The minimum Gasteiger partial charge on any atom is -0.506 e. The average molecular weight is 202 g/mol. The summed E-state index contributed by atoms with van der Waals surface area (Å²) in [6, 6.07) is 5.71. The van der Waals surface area contributed by atoms with Crippen LogP contribution >= 0.6 is 0 Å². The zero-order valence-electron chi connectivity index (χ0n) is 8.75. The molecule has 0 amide bonds. The lowest BCUT2D eigenvalue weighted by atomic mass is 10.1. The summed E-state index contributed by atoms with van der Waals surface area (Å²) in [6.07, 6.45) is 1.04. The summed E-state index contributed by atoms with van der Waals surface area (Å²) in [6.45, 7) is 2.05. The van der Waals surface area contributed by atoms with E-state index in [0.29, 0.717) is 5.75 Å². The Morgan fingerprint density at radius 3 is 3.13 bits per heavy atom. The molecule has 1 aromatic carbocycles. The lowest BCUT2D eigenvalue weighted by Gasteiger charge is -2.22. The highest BCUT2D eigenvalue weighted by Gasteiger charge is 2.18. The lowest BCUT2D eigenvalue weighted by Crippen LogP contribution is -2.25. The van der Waals surface area contributed by atoms with Gasteiger partial charge in [0.2, 0.25) is 0 Å². The predicted octanol–water partition coefficient (Wildman–Crippen LogP) is 1.86. The minimum atomic E-state index is 0.351. The van der Waals surface area contributed by atoms with Gasteiger partial charge >= 0.3 is 0 Å². The maximum atomic E-state index is 9.74. The molecule has 1 aliphatic heterocycles. The van der Waals surface area contributed by atoms with Crippen molar-refractivity contribution in [3.05, 3.63) is 29.5 Å². The molecule has 0 spiro atoms. The highest BCUT2D eigenvalue weighted by atomic mass is 16.3. The van der Waals surface area contributed by atoms with Gasteiger partial charge in [-0.1, -0.05) is 12.1 Å². The Balaban J connectivity index is 2.29. The topological polar surface area (TPSA) is 39.3 Å². The molecule has 1 aliphatic rings. The van der Waals surface area contributed by atoms with Crippen LogP contribution in [0.2, 0.25) is 0 Å². The van der Waals surface area contributed by atoms with Gasteiger partial charge in [-0.15, -0.1) is 0 Å². The Morgan fingerprint density at radius 1 is 1.40 bits per heavy atom. The van der Waals surface area contributed by atoms with E-state index in [1.165, 1.54) is 11.3 Å². The number of phenolic OH excluding ortho intramolecular Hbond substituents is 1. The van der Waals surface area contributed by atoms with E-state index < -0.39 is 0 Å². The van der Waals surface area contributed by atoms with Gasteiger partial charge in [0.1, 0.15) is 5.75 Å². The van der Waals surface area contributed by atoms with Crippen molar-refractivity contribution in [2.45, 2.75) is 13.0 Å². The second-order valence-corrected chi connectivity index (χ2v) is 4.27. The van der Waals surface area contributed by atoms with Crippen LogP contribution in [0.15, 0.2) is 18.2 Å². The molecule has 3 heteroatoms. The monoisotopic (exact) mass is 202 g/mol. The molecule has 0 atom stereocenters. The summed E-state index contributed by atoms with van der Waals surface area (Å²) in [7, 11) is 2.13. The van der Waals surface area contributed by atoms with Crippen LogP contribution in [0.3, 0.4) is 0 Å². The number of H-pyrrole nitrogens is 1. The molecular weight excluding hydrogens is 188 g/mol. The number of nitrogens with one attached hydrogen (secondary N) is 1. The van der Waals surface area contributed by atoms with Crippen LogP contribution < -0.4 is 0 Å². The van der Waals surface area contributed by atoms with Crippen molar-refractivity contribution in [1.29, 1.82) is 0 Å². The normalized spacial score (nSPS) is 16.9. The van der Waals surface area contributed by atoms with E-state index in [2.05, 4.69) is 23.0 Å². The summed E-state index contributed by atoms with van der Waals surface area (Å²) in [5.74, 6) is 0.351. The highest BCUT2D eigenvalue weighted by Crippen LogP contribution is 2.31. The fourth-order valence-corrected chi connectivity index (χ4v) is 2.36. The second-order valence-electron chi connectivity index (χ2n) is 4.27. The number of hydrogen-bond donors (Lipinski definition) is 2. The van der Waals surface area contributed by atoms with Crippen molar-refractivity contribution in [1.82, 2.24) is 9.88 Å². The molecule has 3 nitrogen and oxygen atoms in total. The highest BCUT2D eigenvalue weighted by molar-refractivity contribution is 5.89. The van der Waals surface area contributed by atoms with Gasteiger partial charge in [-0.25, -0.2) is 0 Å². The van der Waals surface area contributed by atoms with Gasteiger partial charge in [-0.3, -0.25) is 0 Å². The number of nitrogens with zero attached hydrogens (tertiary/aromatic N) is 1. The van der Waals surface area contributed by atoms with Crippen LogP contribution in [0.1, 0.15) is 11.3 Å². The van der Waals surface area contributed by atoms with Crippen LogP contribution in [0, 0.1) is 0 Å². The Kier molecular flexibility index (Phi) is 1.76. The Bertz CT molecular complexity index is 516. The third-order valence-corrected chi connectivity index (χ3v) is 3.18. The number of rotatable bonds is 0. The molecule has 78 valence electrons. The number of aromatic hydroxyl groups is 1. The van der Waals surface area contributed by atoms with Crippen LogP contribution in [-0.2, 0) is 13.0 Å². The summed E-state index contributed by atoms with van der Waals surface area (Å²) in [5.41, 5.74) is 3.51. The van der Waals surface area contributed by atoms with Gasteiger partial charge in [-0.2, -0.15) is 0 Å². The standard InChI is InChI=1S/C12H14N2O/c1-14-6-5-10-9(7-14)8-3-2-4-11(15)12(8)13-10/h2-4,13,15H,5-7H2,1H3. The van der Waals surface area contributed by atoms with Crippen LogP contribution in [0.5, 0.6) is 5.75 Å². The van der Waals surface area contributed by atoms with E-state index in [-0.39, 0.29) is 0 Å². The number of para-hydroxylation sites is 1. The third kappa shape index (κ3) is 1.23. The average Bonchev–Trinajstić information content (AvgIpc) is 2.58. The predicted molar refractivity (Wildman–Crippen MR) is 60.0 cm³/mol. The molecule has 0 bridgehead atoms. The quantitative estimate of drug-likeness (QED) is 0.684. The van der Waals surface area contributed by atoms with E-state index >= 15 is 0 Å². The number of likely N-dealkylation sites (N-methyl/N-ethyl adjacent to an activating group) is 1. The number of hydrogen-bond acceptors (Lipinski definition) is 2. The van der Waals surface area contributed by atoms with Crippen LogP contribution in [-0.4, -0.2) is 28.6 Å². The second kappa shape index (κ2) is 3.00. The zero-order chi connectivity index (χ0) is 10.4. The van der Waals surface area contributed by atoms with Gasteiger partial charge in [-0.05, 0) is 18.7 Å². The summed E-state index contributed by atoms with van der Waals surface area (Å²) < 4.78 is 0. The Hall–Kier alpha value is -1.48. The summed E-state index contributed by atoms with van der Waals surface area (Å²) >= 11 is 0. The van der Waals surface area contributed by atoms with E-state index in [4.69, 9.17) is 0 Å². The van der Waals surface area contributed by atoms with Gasteiger partial charge in [0.25, 0.3) is 0 Å². The third-order valence-electron chi connectivity index (χ3n) is 3.18.